The molecule has 32 heavy (non-hydrogen) atoms. The molecule has 1 saturated heterocycles. The molecule has 0 aliphatic carbocycles. The second kappa shape index (κ2) is 8.64. The third-order valence-electron chi connectivity index (χ3n) is 3.87. The van der Waals surface area contributed by atoms with Gasteiger partial charge in [0.05, 0.1) is 12.9 Å². The molecule has 2 aromatic rings. The highest BCUT2D eigenvalue weighted by Gasteiger charge is 2.47. The predicted octanol–water partition coefficient (Wildman–Crippen LogP) is -1.36. The minimum absolute atomic E-state index is 0.127. The Kier molecular flexibility index (Phi) is 6.76. The molecule has 7 atom stereocenters. The first kappa shape index (κ1) is 25.0. The molecule has 0 spiro atoms. The lowest BCUT2D eigenvalue weighted by Crippen LogP contribution is -2.33. The van der Waals surface area contributed by atoms with E-state index in [9.17, 15) is 37.8 Å². The number of phosphoric acid groups is 2. The number of ether oxygens (including phenoxy) is 1. The lowest BCUT2D eigenvalue weighted by atomic mass is 10.1. The van der Waals surface area contributed by atoms with Gasteiger partial charge in [0.25, 0.3) is 5.56 Å². The molecule has 2 aromatic heterocycles. The highest BCUT2D eigenvalue weighted by Crippen LogP contribution is 2.67. The Morgan fingerprint density at radius 3 is 2.47 bits per heavy atom. The van der Waals surface area contributed by atoms with E-state index in [1.165, 1.54) is 0 Å². The number of H-pyrrole nitrogens is 1. The Morgan fingerprint density at radius 1 is 1.19 bits per heavy atom. The molecule has 0 radical (unpaired) electrons. The third kappa shape index (κ3) is 5.66. The van der Waals surface area contributed by atoms with Crippen LogP contribution in [-0.2, 0) is 31.6 Å². The second-order valence-electron chi connectivity index (χ2n) is 6.17. The molecule has 0 amide bonds. The number of rotatable bonds is 8. The molecule has 0 bridgehead atoms. The van der Waals surface area contributed by atoms with Gasteiger partial charge < -0.3 is 30.5 Å². The number of nitrogen functional groups attached to an aromatic ring is 1. The number of aliphatic hydroxyl groups is 2. The first-order chi connectivity index (χ1) is 14.6. The number of nitrogens with zero attached hydrogens (tertiary/aromatic N) is 3. The Hall–Kier alpha value is -1.59. The van der Waals surface area contributed by atoms with Crippen LogP contribution >= 0.6 is 23.6 Å². The summed E-state index contributed by atoms with van der Waals surface area (Å²) in [5.74, 6) is -0.285. The highest BCUT2D eigenvalue weighted by atomic mass is 31.3. The molecule has 0 saturated carbocycles. The summed E-state index contributed by atoms with van der Waals surface area (Å²) in [5, 5.41) is 20.4. The summed E-state index contributed by atoms with van der Waals surface area (Å²) in [7, 11) is -17.5. The van der Waals surface area contributed by atoms with Crippen molar-refractivity contribution in [3.05, 3.63) is 16.7 Å². The van der Waals surface area contributed by atoms with Crippen molar-refractivity contribution in [2.24, 2.45) is 0 Å². The molecule has 180 valence electrons. The molecule has 1 aliphatic rings. The lowest BCUT2D eigenvalue weighted by molar-refractivity contribution is -0.0503. The number of nitrogens with one attached hydrogen (secondary N) is 1. The third-order valence-corrected chi connectivity index (χ3v) is 7.63. The first-order valence-corrected chi connectivity index (χ1v) is 12.5. The molecule has 8 N–H and O–H groups in total. The summed E-state index contributed by atoms with van der Waals surface area (Å²) >= 11 is 0. The van der Waals surface area contributed by atoms with E-state index in [0.717, 1.165) is 10.9 Å². The number of nitrogens with two attached hydrogens (primary N) is 1. The average molecular weight is 525 g/mol. The number of fused-ring (bicyclic) bond motifs is 1. The number of aromatic nitrogens is 4. The van der Waals surface area contributed by atoms with E-state index in [2.05, 4.69) is 28.1 Å². The Labute approximate surface area is 175 Å². The van der Waals surface area contributed by atoms with Gasteiger partial charge in [-0.25, -0.2) is 18.7 Å². The van der Waals surface area contributed by atoms with Gasteiger partial charge in [-0.3, -0.25) is 23.8 Å². The summed E-state index contributed by atoms with van der Waals surface area (Å²) in [6.07, 6.45) is -5.42. The van der Waals surface area contributed by atoms with Gasteiger partial charge in [0.15, 0.2) is 17.4 Å². The van der Waals surface area contributed by atoms with Gasteiger partial charge in [-0.15, -0.1) is 4.20 Å². The van der Waals surface area contributed by atoms with Crippen molar-refractivity contribution in [2.75, 3.05) is 12.3 Å². The van der Waals surface area contributed by atoms with Gasteiger partial charge in [0.1, 0.15) is 18.3 Å². The first-order valence-electron chi connectivity index (χ1n) is 8.08. The summed E-state index contributed by atoms with van der Waals surface area (Å²) in [4.78, 5) is 48.4. The maximum Gasteiger partial charge on any atom is 0.519 e. The zero-order chi connectivity index (χ0) is 24.1. The maximum atomic E-state index is 12.5. The normalized spacial score (nSPS) is 29.4. The minimum atomic E-state index is -6.07. The largest absolute Gasteiger partial charge is 0.519 e. The van der Waals surface area contributed by atoms with Crippen molar-refractivity contribution >= 4 is 40.7 Å². The zero-order valence-electron chi connectivity index (χ0n) is 15.2. The molecule has 1 aliphatic heterocycles. The molecule has 18 nitrogen and oxygen atoms in total. The topological polar surface area (TPSA) is 279 Å². The maximum absolute atomic E-state index is 12.5. The van der Waals surface area contributed by atoms with E-state index < -0.39 is 60.3 Å². The van der Waals surface area contributed by atoms with Gasteiger partial charge in [-0.1, -0.05) is 0 Å². The quantitative estimate of drug-likeness (QED) is 0.196. The van der Waals surface area contributed by atoms with E-state index in [-0.39, 0.29) is 17.1 Å². The van der Waals surface area contributed by atoms with E-state index in [1.54, 1.807) is 0 Å². The number of aliphatic hydroxyl groups excluding tert-OH is 2. The summed E-state index contributed by atoms with van der Waals surface area (Å²) < 4.78 is 63.4. The van der Waals surface area contributed by atoms with Crippen LogP contribution in [0.25, 0.3) is 11.2 Å². The minimum Gasteiger partial charge on any atom is -0.387 e. The van der Waals surface area contributed by atoms with E-state index in [4.69, 9.17) is 20.3 Å². The van der Waals surface area contributed by atoms with Crippen molar-refractivity contribution in [3.8, 4) is 0 Å². The Bertz CT molecular complexity index is 1210. The lowest BCUT2D eigenvalue weighted by Gasteiger charge is -2.18. The van der Waals surface area contributed by atoms with Crippen molar-refractivity contribution in [3.63, 3.8) is 0 Å². The van der Waals surface area contributed by atoms with Crippen LogP contribution in [-0.4, -0.2) is 69.3 Å². The fraction of sp³-hybridized carbons (Fsp3) is 0.500. The van der Waals surface area contributed by atoms with Crippen LogP contribution in [0, 0.1) is 0 Å². The molecular weight excluding hydrogens is 510 g/mol. The number of hydrogen-bond donors (Lipinski definition) is 7. The van der Waals surface area contributed by atoms with Gasteiger partial charge >= 0.3 is 23.6 Å². The highest BCUT2D eigenvalue weighted by molar-refractivity contribution is 7.66. The number of halogens is 1. The smallest absolute Gasteiger partial charge is 0.387 e. The number of hydrogen-bond acceptors (Lipinski definition) is 13. The summed E-state index contributed by atoms with van der Waals surface area (Å²) in [5.41, 5.74) is 4.46. The molecule has 22 heteroatoms. The van der Waals surface area contributed by atoms with Crippen molar-refractivity contribution in [1.82, 2.24) is 19.5 Å². The van der Waals surface area contributed by atoms with Gasteiger partial charge in [0.2, 0.25) is 5.95 Å². The zero-order valence-corrected chi connectivity index (χ0v) is 17.9. The van der Waals surface area contributed by atoms with E-state index in [1.807, 2.05) is 0 Å². The average Bonchev–Trinajstić information content (AvgIpc) is 3.12. The van der Waals surface area contributed by atoms with Crippen LogP contribution in [0.3, 0.4) is 0 Å². The Morgan fingerprint density at radius 2 is 1.84 bits per heavy atom. The van der Waals surface area contributed by atoms with Crippen molar-refractivity contribution < 1.29 is 60.7 Å². The fourth-order valence-corrected chi connectivity index (χ4v) is 5.66. The molecule has 1 fully saturated rings. The Balaban J connectivity index is 1.72. The van der Waals surface area contributed by atoms with E-state index >= 15 is 0 Å². The number of phosphoric ester groups is 1. The fourth-order valence-electron chi connectivity index (χ4n) is 2.69. The number of anilines is 1. The number of aromatic amines is 1. The predicted molar refractivity (Wildman–Crippen MR) is 97.2 cm³/mol. The van der Waals surface area contributed by atoms with Crippen molar-refractivity contribution in [2.45, 2.75) is 24.5 Å². The molecular formula is C10H15FN5O13P3. The van der Waals surface area contributed by atoms with Crippen LogP contribution in [0.2, 0.25) is 0 Å². The SMILES string of the molecule is Nc1nc2c(ncn2[C@@H]2O[C@H](COP(=O)(O)OP(=O)(O)OP(=O)(O)F)C(O)C2O)c(=O)[nH]1. The summed E-state index contributed by atoms with van der Waals surface area (Å²) in [6, 6.07) is 0. The molecule has 0 aromatic carbocycles. The van der Waals surface area contributed by atoms with Crippen LogP contribution in [0.5, 0.6) is 0 Å². The van der Waals surface area contributed by atoms with Gasteiger partial charge in [0, 0.05) is 0 Å². The monoisotopic (exact) mass is 525 g/mol. The molecule has 3 heterocycles. The van der Waals surface area contributed by atoms with Gasteiger partial charge in [-0.05, 0) is 0 Å². The summed E-state index contributed by atoms with van der Waals surface area (Å²) in [6.45, 7) is -1.04. The van der Waals surface area contributed by atoms with Crippen molar-refractivity contribution in [1.29, 1.82) is 0 Å². The molecule has 5 unspecified atom stereocenters. The van der Waals surface area contributed by atoms with Gasteiger partial charge in [-0.2, -0.15) is 13.6 Å². The standard InChI is InChI=1S/C10H15FN5O13P3/c11-30(20,21)28-32(24,25)29-31(22,23)26-1-3-5(17)6(18)9(27-3)16-2-13-4-7(16)14-10(12)15-8(4)19/h2-3,5-6,9,17-18H,1H2,(H,20,21)(H,22,23)(H,24,25)(H3,12,14,15,19)/t3-,5?,6?,9-/m1/s1. The van der Waals surface area contributed by atoms with Crippen LogP contribution < -0.4 is 11.3 Å². The number of imidazole rings is 1. The second-order valence-corrected chi connectivity index (χ2v) is 10.5. The van der Waals surface area contributed by atoms with Crippen LogP contribution in [0.1, 0.15) is 6.23 Å². The van der Waals surface area contributed by atoms with Crippen LogP contribution in [0.15, 0.2) is 11.1 Å². The molecule has 3 rings (SSSR count). The van der Waals surface area contributed by atoms with Crippen LogP contribution in [0.4, 0.5) is 10.1 Å². The van der Waals surface area contributed by atoms with E-state index in [0.29, 0.717) is 0 Å².